The topological polar surface area (TPSA) is 24.1 Å². The summed E-state index contributed by atoms with van der Waals surface area (Å²) >= 11 is 0. The van der Waals surface area contributed by atoms with Crippen molar-refractivity contribution in [2.75, 3.05) is 26.7 Å². The standard InChI is InChI=1S/C10H22N2/c1-4-12-9-7-10(2)6-5-8-11-3/h6,11-12H,4-5,7-9H2,1-3H3. The van der Waals surface area contributed by atoms with E-state index in [1.54, 1.807) is 0 Å². The first-order valence-corrected chi connectivity index (χ1v) is 4.82. The summed E-state index contributed by atoms with van der Waals surface area (Å²) in [5, 5.41) is 6.44. The monoisotopic (exact) mass is 170 g/mol. The molecule has 0 saturated carbocycles. The molecule has 0 saturated heterocycles. The van der Waals surface area contributed by atoms with Crippen molar-refractivity contribution >= 4 is 0 Å². The summed E-state index contributed by atoms with van der Waals surface area (Å²) in [6.45, 7) is 7.60. The first kappa shape index (κ1) is 11.7. The van der Waals surface area contributed by atoms with Gasteiger partial charge in [-0.3, -0.25) is 0 Å². The Kier molecular flexibility index (Phi) is 8.51. The minimum atomic E-state index is 1.07. The van der Waals surface area contributed by atoms with Crippen molar-refractivity contribution in [2.45, 2.75) is 26.7 Å². The van der Waals surface area contributed by atoms with E-state index in [9.17, 15) is 0 Å². The van der Waals surface area contributed by atoms with Gasteiger partial charge in [0.05, 0.1) is 0 Å². The molecule has 0 rings (SSSR count). The molecule has 0 heterocycles. The van der Waals surface area contributed by atoms with Gasteiger partial charge in [0.25, 0.3) is 0 Å². The Hall–Kier alpha value is -0.340. The number of rotatable bonds is 7. The van der Waals surface area contributed by atoms with E-state index < -0.39 is 0 Å². The van der Waals surface area contributed by atoms with E-state index in [4.69, 9.17) is 0 Å². The lowest BCUT2D eigenvalue weighted by molar-refractivity contribution is 0.709. The van der Waals surface area contributed by atoms with Gasteiger partial charge in [0.15, 0.2) is 0 Å². The van der Waals surface area contributed by atoms with E-state index >= 15 is 0 Å². The largest absolute Gasteiger partial charge is 0.319 e. The second-order valence-corrected chi connectivity index (χ2v) is 3.05. The van der Waals surface area contributed by atoms with Crippen LogP contribution in [-0.4, -0.2) is 26.7 Å². The van der Waals surface area contributed by atoms with Crippen molar-refractivity contribution in [3.63, 3.8) is 0 Å². The van der Waals surface area contributed by atoms with Crippen LogP contribution in [0.15, 0.2) is 11.6 Å². The van der Waals surface area contributed by atoms with Gasteiger partial charge in [-0.15, -0.1) is 0 Å². The first-order valence-electron chi connectivity index (χ1n) is 4.82. The molecular formula is C10H22N2. The van der Waals surface area contributed by atoms with E-state index in [0.717, 1.165) is 26.1 Å². The Morgan fingerprint density at radius 3 is 2.67 bits per heavy atom. The second kappa shape index (κ2) is 8.75. The molecule has 0 atom stereocenters. The van der Waals surface area contributed by atoms with Crippen LogP contribution in [0, 0.1) is 0 Å². The Labute approximate surface area is 76.4 Å². The van der Waals surface area contributed by atoms with Gasteiger partial charge in [0, 0.05) is 0 Å². The fraction of sp³-hybridized carbons (Fsp3) is 0.800. The summed E-state index contributed by atoms with van der Waals surface area (Å²) in [7, 11) is 1.99. The fourth-order valence-electron chi connectivity index (χ4n) is 1.03. The van der Waals surface area contributed by atoms with Crippen molar-refractivity contribution in [1.29, 1.82) is 0 Å². The maximum atomic E-state index is 3.31. The molecule has 0 unspecified atom stereocenters. The summed E-state index contributed by atoms with van der Waals surface area (Å²) in [5.41, 5.74) is 1.49. The quantitative estimate of drug-likeness (QED) is 0.447. The third-order valence-electron chi connectivity index (χ3n) is 1.83. The van der Waals surface area contributed by atoms with Crippen LogP contribution in [0.5, 0.6) is 0 Å². The molecule has 0 bridgehead atoms. The highest BCUT2D eigenvalue weighted by Gasteiger charge is 1.88. The molecular weight excluding hydrogens is 148 g/mol. The number of hydrogen-bond acceptors (Lipinski definition) is 2. The smallest absolute Gasteiger partial charge is 0.00118 e. The van der Waals surface area contributed by atoms with Crippen molar-refractivity contribution < 1.29 is 0 Å². The summed E-state index contributed by atoms with van der Waals surface area (Å²) in [6, 6.07) is 0. The average Bonchev–Trinajstić information content (AvgIpc) is 2.06. The molecule has 72 valence electrons. The van der Waals surface area contributed by atoms with Gasteiger partial charge in [0.2, 0.25) is 0 Å². The maximum Gasteiger partial charge on any atom is -0.00118 e. The predicted octanol–water partition coefficient (Wildman–Crippen LogP) is 1.54. The van der Waals surface area contributed by atoms with Crippen LogP contribution in [0.4, 0.5) is 0 Å². The molecule has 0 aliphatic heterocycles. The van der Waals surface area contributed by atoms with E-state index in [-0.39, 0.29) is 0 Å². The highest BCUT2D eigenvalue weighted by atomic mass is 14.8. The molecule has 0 aliphatic rings. The third-order valence-corrected chi connectivity index (χ3v) is 1.83. The Morgan fingerprint density at radius 1 is 1.33 bits per heavy atom. The molecule has 0 aliphatic carbocycles. The minimum Gasteiger partial charge on any atom is -0.319 e. The lowest BCUT2D eigenvalue weighted by atomic mass is 10.2. The molecule has 0 aromatic carbocycles. The highest BCUT2D eigenvalue weighted by Crippen LogP contribution is 1.99. The summed E-state index contributed by atoms with van der Waals surface area (Å²) < 4.78 is 0. The minimum absolute atomic E-state index is 1.07. The molecule has 0 spiro atoms. The van der Waals surface area contributed by atoms with Crippen LogP contribution < -0.4 is 10.6 Å². The van der Waals surface area contributed by atoms with Crippen LogP contribution in [0.1, 0.15) is 26.7 Å². The Balaban J connectivity index is 3.29. The Bertz CT molecular complexity index is 119. The lowest BCUT2D eigenvalue weighted by Crippen LogP contribution is -2.14. The SMILES string of the molecule is CCNCCC(C)=CCCNC. The van der Waals surface area contributed by atoms with Gasteiger partial charge < -0.3 is 10.6 Å². The van der Waals surface area contributed by atoms with Gasteiger partial charge in [-0.1, -0.05) is 18.6 Å². The van der Waals surface area contributed by atoms with Gasteiger partial charge >= 0.3 is 0 Å². The normalized spacial score (nSPS) is 12.1. The zero-order valence-electron chi connectivity index (χ0n) is 8.61. The summed E-state index contributed by atoms with van der Waals surface area (Å²) in [6.07, 6.45) is 4.64. The van der Waals surface area contributed by atoms with Gasteiger partial charge in [0.1, 0.15) is 0 Å². The molecule has 2 nitrogen and oxygen atoms in total. The van der Waals surface area contributed by atoms with Crippen molar-refractivity contribution in [3.8, 4) is 0 Å². The van der Waals surface area contributed by atoms with Crippen LogP contribution in [0.25, 0.3) is 0 Å². The molecule has 0 aromatic heterocycles. The zero-order valence-corrected chi connectivity index (χ0v) is 8.61. The fourth-order valence-corrected chi connectivity index (χ4v) is 1.03. The molecule has 12 heavy (non-hydrogen) atoms. The average molecular weight is 170 g/mol. The van der Waals surface area contributed by atoms with Gasteiger partial charge in [-0.2, -0.15) is 0 Å². The first-order chi connectivity index (χ1) is 5.81. The van der Waals surface area contributed by atoms with Gasteiger partial charge in [-0.25, -0.2) is 0 Å². The zero-order chi connectivity index (χ0) is 9.23. The van der Waals surface area contributed by atoms with E-state index in [2.05, 4.69) is 30.6 Å². The van der Waals surface area contributed by atoms with Crippen LogP contribution in [0.3, 0.4) is 0 Å². The Morgan fingerprint density at radius 2 is 2.08 bits per heavy atom. The van der Waals surface area contributed by atoms with E-state index in [0.29, 0.717) is 0 Å². The third kappa shape index (κ3) is 7.76. The molecule has 2 heteroatoms. The van der Waals surface area contributed by atoms with Crippen molar-refractivity contribution in [2.24, 2.45) is 0 Å². The van der Waals surface area contributed by atoms with Gasteiger partial charge in [-0.05, 0) is 46.4 Å². The maximum absolute atomic E-state index is 3.31. The van der Waals surface area contributed by atoms with Crippen LogP contribution in [-0.2, 0) is 0 Å². The van der Waals surface area contributed by atoms with E-state index in [1.165, 1.54) is 12.0 Å². The van der Waals surface area contributed by atoms with Crippen LogP contribution in [0.2, 0.25) is 0 Å². The molecule has 0 amide bonds. The van der Waals surface area contributed by atoms with Crippen molar-refractivity contribution in [3.05, 3.63) is 11.6 Å². The molecule has 0 radical (unpaired) electrons. The number of nitrogens with one attached hydrogen (secondary N) is 2. The molecule has 2 N–H and O–H groups in total. The highest BCUT2D eigenvalue weighted by molar-refractivity contribution is 4.98. The number of hydrogen-bond donors (Lipinski definition) is 2. The molecule has 0 fully saturated rings. The molecule has 0 aromatic rings. The predicted molar refractivity (Wildman–Crippen MR) is 55.5 cm³/mol. The summed E-state index contributed by atoms with van der Waals surface area (Å²) in [4.78, 5) is 0. The lowest BCUT2D eigenvalue weighted by Gasteiger charge is -2.02. The van der Waals surface area contributed by atoms with E-state index in [1.807, 2.05) is 7.05 Å². The van der Waals surface area contributed by atoms with Crippen LogP contribution >= 0.6 is 0 Å². The second-order valence-electron chi connectivity index (χ2n) is 3.05. The summed E-state index contributed by atoms with van der Waals surface area (Å²) in [5.74, 6) is 0. The van der Waals surface area contributed by atoms with Crippen molar-refractivity contribution in [1.82, 2.24) is 10.6 Å².